The van der Waals surface area contributed by atoms with Gasteiger partial charge in [-0.3, -0.25) is 0 Å². The van der Waals surface area contributed by atoms with Crippen LogP contribution < -0.4 is 5.32 Å². The summed E-state index contributed by atoms with van der Waals surface area (Å²) in [4.78, 5) is 8.15. The molecule has 0 bridgehead atoms. The lowest BCUT2D eigenvalue weighted by Gasteiger charge is -2.25. The molecule has 0 saturated carbocycles. The van der Waals surface area contributed by atoms with E-state index in [0.717, 1.165) is 11.3 Å². The Kier molecular flexibility index (Phi) is 2.43. The van der Waals surface area contributed by atoms with Crippen molar-refractivity contribution in [3.05, 3.63) is 23.8 Å². The van der Waals surface area contributed by atoms with E-state index >= 15 is 0 Å². The van der Waals surface area contributed by atoms with E-state index in [-0.39, 0.29) is 5.54 Å². The molecule has 3 heteroatoms. The van der Waals surface area contributed by atoms with Gasteiger partial charge in [-0.25, -0.2) is 9.97 Å². The van der Waals surface area contributed by atoms with Crippen molar-refractivity contribution in [2.24, 2.45) is 0 Å². The summed E-state index contributed by atoms with van der Waals surface area (Å²) in [7, 11) is 1.94. The predicted octanol–water partition coefficient (Wildman–Crippen LogP) is 1.24. The van der Waals surface area contributed by atoms with E-state index in [0.29, 0.717) is 0 Å². The number of hydrogen-bond acceptors (Lipinski definition) is 3. The van der Waals surface area contributed by atoms with Gasteiger partial charge in [0.1, 0.15) is 6.33 Å². The minimum Gasteiger partial charge on any atom is -0.311 e. The van der Waals surface area contributed by atoms with Gasteiger partial charge in [0, 0.05) is 23.0 Å². The van der Waals surface area contributed by atoms with Gasteiger partial charge in [0.25, 0.3) is 0 Å². The first-order valence-electron chi connectivity index (χ1n) is 4.04. The second-order valence-corrected chi connectivity index (χ2v) is 3.40. The molecule has 66 valence electrons. The van der Waals surface area contributed by atoms with Gasteiger partial charge in [-0.05, 0) is 27.8 Å². The molecule has 0 aromatic carbocycles. The Morgan fingerprint density at radius 1 is 1.42 bits per heavy atom. The van der Waals surface area contributed by atoms with Crippen LogP contribution >= 0.6 is 0 Å². The van der Waals surface area contributed by atoms with Gasteiger partial charge in [-0.15, -0.1) is 0 Å². The van der Waals surface area contributed by atoms with Crippen LogP contribution in [0.4, 0.5) is 0 Å². The topological polar surface area (TPSA) is 37.8 Å². The van der Waals surface area contributed by atoms with Gasteiger partial charge < -0.3 is 5.32 Å². The third-order valence-corrected chi connectivity index (χ3v) is 2.21. The van der Waals surface area contributed by atoms with Crippen LogP contribution in [-0.4, -0.2) is 17.0 Å². The normalized spacial score (nSPS) is 11.7. The average molecular weight is 165 g/mol. The van der Waals surface area contributed by atoms with E-state index in [4.69, 9.17) is 0 Å². The lowest BCUT2D eigenvalue weighted by atomic mass is 9.95. The molecule has 1 N–H and O–H groups in total. The molecule has 0 atom stereocenters. The highest BCUT2D eigenvalue weighted by Gasteiger charge is 2.20. The van der Waals surface area contributed by atoms with Crippen molar-refractivity contribution in [1.82, 2.24) is 15.3 Å². The molecule has 0 aliphatic carbocycles. The molecule has 1 rings (SSSR count). The maximum absolute atomic E-state index is 4.14. The van der Waals surface area contributed by atoms with Gasteiger partial charge in [-0.1, -0.05) is 0 Å². The molecule has 3 nitrogen and oxygen atoms in total. The quantitative estimate of drug-likeness (QED) is 0.716. The first-order valence-corrected chi connectivity index (χ1v) is 4.04. The Labute approximate surface area is 73.2 Å². The Hall–Kier alpha value is -0.960. The summed E-state index contributed by atoms with van der Waals surface area (Å²) in [5.74, 6) is 0. The molecule has 12 heavy (non-hydrogen) atoms. The maximum Gasteiger partial charge on any atom is 0.115 e. The zero-order valence-electron chi connectivity index (χ0n) is 8.05. The van der Waals surface area contributed by atoms with Crippen LogP contribution in [0.1, 0.15) is 25.1 Å². The monoisotopic (exact) mass is 165 g/mol. The molecular weight excluding hydrogens is 150 g/mol. The van der Waals surface area contributed by atoms with E-state index in [1.165, 1.54) is 0 Å². The number of aryl methyl sites for hydroxylation is 1. The van der Waals surface area contributed by atoms with Gasteiger partial charge in [0.2, 0.25) is 0 Å². The summed E-state index contributed by atoms with van der Waals surface area (Å²) >= 11 is 0. The Morgan fingerprint density at radius 3 is 2.58 bits per heavy atom. The van der Waals surface area contributed by atoms with E-state index in [1.807, 2.05) is 20.2 Å². The molecule has 0 spiro atoms. The molecule has 0 aliphatic rings. The minimum absolute atomic E-state index is 0.0503. The van der Waals surface area contributed by atoms with E-state index in [2.05, 4.69) is 29.1 Å². The second kappa shape index (κ2) is 3.19. The number of aromatic nitrogens is 2. The minimum atomic E-state index is -0.0503. The molecule has 0 fully saturated rings. The third-order valence-electron chi connectivity index (χ3n) is 2.21. The molecule has 0 radical (unpaired) electrons. The van der Waals surface area contributed by atoms with Crippen LogP contribution in [0.5, 0.6) is 0 Å². The summed E-state index contributed by atoms with van der Waals surface area (Å²) in [5.41, 5.74) is 2.13. The van der Waals surface area contributed by atoms with Crippen molar-refractivity contribution in [2.45, 2.75) is 26.3 Å². The van der Waals surface area contributed by atoms with Gasteiger partial charge in [0.15, 0.2) is 0 Å². The SMILES string of the molecule is CNC(C)(C)c1cncnc1C. The zero-order valence-corrected chi connectivity index (χ0v) is 8.05. The van der Waals surface area contributed by atoms with Gasteiger partial charge in [-0.2, -0.15) is 0 Å². The first kappa shape index (κ1) is 9.13. The van der Waals surface area contributed by atoms with Crippen molar-refractivity contribution in [1.29, 1.82) is 0 Å². The van der Waals surface area contributed by atoms with Crippen LogP contribution in [0, 0.1) is 6.92 Å². The second-order valence-electron chi connectivity index (χ2n) is 3.40. The fourth-order valence-electron chi connectivity index (χ4n) is 1.14. The van der Waals surface area contributed by atoms with Crippen molar-refractivity contribution in [2.75, 3.05) is 7.05 Å². The molecule has 1 aromatic rings. The third kappa shape index (κ3) is 1.61. The summed E-state index contributed by atoms with van der Waals surface area (Å²) in [6.45, 7) is 6.22. The van der Waals surface area contributed by atoms with Crippen LogP contribution in [0.25, 0.3) is 0 Å². The highest BCUT2D eigenvalue weighted by atomic mass is 14.9. The first-order chi connectivity index (χ1) is 5.58. The number of nitrogens with zero attached hydrogens (tertiary/aromatic N) is 2. The standard InChI is InChI=1S/C9H15N3/c1-7-8(5-11-6-12-7)9(2,3)10-4/h5-6,10H,1-4H3. The molecular formula is C9H15N3. The maximum atomic E-state index is 4.14. The highest BCUT2D eigenvalue weighted by Crippen LogP contribution is 2.19. The van der Waals surface area contributed by atoms with Crippen molar-refractivity contribution in [3.63, 3.8) is 0 Å². The van der Waals surface area contributed by atoms with Crippen molar-refractivity contribution >= 4 is 0 Å². The van der Waals surface area contributed by atoms with Gasteiger partial charge >= 0.3 is 0 Å². The van der Waals surface area contributed by atoms with Crippen molar-refractivity contribution in [3.8, 4) is 0 Å². The average Bonchev–Trinajstić information content (AvgIpc) is 2.05. The van der Waals surface area contributed by atoms with E-state index in [1.54, 1.807) is 6.33 Å². The van der Waals surface area contributed by atoms with Crippen LogP contribution in [-0.2, 0) is 5.54 Å². The molecule has 1 aromatic heterocycles. The summed E-state index contributed by atoms with van der Waals surface area (Å²) in [6, 6.07) is 0. The lowest BCUT2D eigenvalue weighted by molar-refractivity contribution is 0.438. The summed E-state index contributed by atoms with van der Waals surface area (Å²) in [5, 5.41) is 3.22. The zero-order chi connectivity index (χ0) is 9.19. The number of hydrogen-bond donors (Lipinski definition) is 1. The van der Waals surface area contributed by atoms with Crippen LogP contribution in [0.3, 0.4) is 0 Å². The van der Waals surface area contributed by atoms with E-state index in [9.17, 15) is 0 Å². The number of rotatable bonds is 2. The molecule has 1 heterocycles. The Morgan fingerprint density at radius 2 is 2.08 bits per heavy atom. The molecule has 0 unspecified atom stereocenters. The fourth-order valence-corrected chi connectivity index (χ4v) is 1.14. The Bertz CT molecular complexity index is 268. The van der Waals surface area contributed by atoms with E-state index < -0.39 is 0 Å². The summed E-state index contributed by atoms with van der Waals surface area (Å²) < 4.78 is 0. The molecule has 0 amide bonds. The van der Waals surface area contributed by atoms with Crippen LogP contribution in [0.15, 0.2) is 12.5 Å². The van der Waals surface area contributed by atoms with Gasteiger partial charge in [0.05, 0.1) is 0 Å². The van der Waals surface area contributed by atoms with Crippen molar-refractivity contribution < 1.29 is 0 Å². The fraction of sp³-hybridized carbons (Fsp3) is 0.556. The van der Waals surface area contributed by atoms with Crippen LogP contribution in [0.2, 0.25) is 0 Å². The largest absolute Gasteiger partial charge is 0.311 e. The lowest BCUT2D eigenvalue weighted by Crippen LogP contribution is -2.34. The highest BCUT2D eigenvalue weighted by molar-refractivity contribution is 5.22. The predicted molar refractivity (Wildman–Crippen MR) is 48.9 cm³/mol. The number of nitrogens with one attached hydrogen (secondary N) is 1. The summed E-state index contributed by atoms with van der Waals surface area (Å²) in [6.07, 6.45) is 3.43. The Balaban J connectivity index is 3.10. The molecule has 0 aliphatic heterocycles. The molecule has 0 saturated heterocycles. The smallest absolute Gasteiger partial charge is 0.115 e.